The Balaban J connectivity index is 1.87. The van der Waals surface area contributed by atoms with E-state index in [1.807, 2.05) is 12.1 Å². The number of rotatable bonds is 2. The normalized spacial score (nSPS) is 27.8. The molecule has 0 aliphatic heterocycles. The van der Waals surface area contributed by atoms with E-state index in [4.69, 9.17) is 10.2 Å². The summed E-state index contributed by atoms with van der Waals surface area (Å²) in [7, 11) is 0. The smallest absolute Gasteiger partial charge is 0.113 e. The average molecular weight is 265 g/mol. The summed E-state index contributed by atoms with van der Waals surface area (Å²) >= 11 is 0. The average Bonchev–Trinajstić information content (AvgIpc) is 2.82. The second kappa shape index (κ2) is 4.09. The number of benzene rings is 1. The van der Waals surface area contributed by atoms with Crippen LogP contribution in [0.3, 0.4) is 0 Å². The van der Waals surface area contributed by atoms with Crippen molar-refractivity contribution in [1.29, 1.82) is 5.26 Å². The van der Waals surface area contributed by atoms with Crippen LogP contribution in [-0.2, 0) is 0 Å². The quantitative estimate of drug-likeness (QED) is 0.823. The maximum atomic E-state index is 9.05. The summed E-state index contributed by atoms with van der Waals surface area (Å²) in [6, 6.07) is 8.52. The zero-order valence-corrected chi connectivity index (χ0v) is 12.0. The minimum absolute atomic E-state index is 0.421. The van der Waals surface area contributed by atoms with Crippen molar-refractivity contribution >= 4 is 11.0 Å². The van der Waals surface area contributed by atoms with E-state index >= 15 is 0 Å². The molecule has 0 saturated heterocycles. The van der Waals surface area contributed by atoms with E-state index in [1.54, 1.807) is 0 Å². The summed E-state index contributed by atoms with van der Waals surface area (Å²) in [5.41, 5.74) is 2.87. The first-order valence-electron chi connectivity index (χ1n) is 7.62. The molecule has 2 saturated carbocycles. The highest BCUT2D eigenvalue weighted by Gasteiger charge is 2.55. The van der Waals surface area contributed by atoms with Gasteiger partial charge in [0, 0.05) is 12.0 Å². The molecule has 102 valence electrons. The SMILES string of the molecule is CC(C)n1c(C2C3CCCC32)nc2cc(C#N)ccc21. The number of nitriles is 1. The first kappa shape index (κ1) is 12.0. The zero-order valence-electron chi connectivity index (χ0n) is 12.0. The van der Waals surface area contributed by atoms with Crippen LogP contribution in [0.4, 0.5) is 0 Å². The molecule has 1 aromatic heterocycles. The van der Waals surface area contributed by atoms with Crippen molar-refractivity contribution in [3.63, 3.8) is 0 Å². The molecular weight excluding hydrogens is 246 g/mol. The Morgan fingerprint density at radius 1 is 1.30 bits per heavy atom. The van der Waals surface area contributed by atoms with E-state index in [9.17, 15) is 0 Å². The van der Waals surface area contributed by atoms with Gasteiger partial charge in [0.15, 0.2) is 0 Å². The summed E-state index contributed by atoms with van der Waals surface area (Å²) in [5, 5.41) is 9.05. The van der Waals surface area contributed by atoms with Crippen LogP contribution in [0.2, 0.25) is 0 Å². The van der Waals surface area contributed by atoms with Gasteiger partial charge in [0.05, 0.1) is 22.7 Å². The molecule has 2 unspecified atom stereocenters. The van der Waals surface area contributed by atoms with Crippen molar-refractivity contribution in [3.8, 4) is 6.07 Å². The highest BCUT2D eigenvalue weighted by atomic mass is 15.1. The van der Waals surface area contributed by atoms with E-state index in [-0.39, 0.29) is 0 Å². The predicted molar refractivity (Wildman–Crippen MR) is 78.4 cm³/mol. The van der Waals surface area contributed by atoms with Crippen LogP contribution in [0.5, 0.6) is 0 Å². The topological polar surface area (TPSA) is 41.6 Å². The third-order valence-electron chi connectivity index (χ3n) is 5.07. The van der Waals surface area contributed by atoms with E-state index < -0.39 is 0 Å². The van der Waals surface area contributed by atoms with E-state index in [1.165, 1.54) is 30.6 Å². The largest absolute Gasteiger partial charge is 0.325 e. The fourth-order valence-electron chi connectivity index (χ4n) is 4.17. The molecular formula is C17H19N3. The van der Waals surface area contributed by atoms with Gasteiger partial charge in [-0.3, -0.25) is 0 Å². The van der Waals surface area contributed by atoms with E-state index in [2.05, 4.69) is 30.6 Å². The Bertz CT molecular complexity index is 710. The van der Waals surface area contributed by atoms with Gasteiger partial charge in [0.2, 0.25) is 0 Å². The fraction of sp³-hybridized carbons (Fsp3) is 0.529. The molecule has 2 aromatic rings. The first-order chi connectivity index (χ1) is 9.70. The third-order valence-corrected chi connectivity index (χ3v) is 5.07. The molecule has 2 fully saturated rings. The van der Waals surface area contributed by atoms with Crippen molar-refractivity contribution in [2.45, 2.75) is 45.1 Å². The Kier molecular flexibility index (Phi) is 2.44. The highest BCUT2D eigenvalue weighted by molar-refractivity contribution is 5.78. The molecule has 3 nitrogen and oxygen atoms in total. The minimum atomic E-state index is 0.421. The van der Waals surface area contributed by atoms with Gasteiger partial charge in [0.25, 0.3) is 0 Å². The Hall–Kier alpha value is -1.82. The van der Waals surface area contributed by atoms with E-state index in [0.717, 1.165) is 17.4 Å². The molecule has 2 atom stereocenters. The molecule has 4 rings (SSSR count). The van der Waals surface area contributed by atoms with Crippen molar-refractivity contribution in [1.82, 2.24) is 9.55 Å². The Morgan fingerprint density at radius 2 is 2.05 bits per heavy atom. The summed E-state index contributed by atoms with van der Waals surface area (Å²) in [6.45, 7) is 4.45. The van der Waals surface area contributed by atoms with Gasteiger partial charge < -0.3 is 4.57 Å². The third kappa shape index (κ3) is 1.54. The Labute approximate surface area is 119 Å². The number of fused-ring (bicyclic) bond motifs is 2. The van der Waals surface area contributed by atoms with Crippen LogP contribution >= 0.6 is 0 Å². The lowest BCUT2D eigenvalue weighted by atomic mass is 10.1. The molecule has 1 heterocycles. The van der Waals surface area contributed by atoms with Gasteiger partial charge in [-0.2, -0.15) is 5.26 Å². The van der Waals surface area contributed by atoms with Gasteiger partial charge in [-0.25, -0.2) is 4.98 Å². The number of aromatic nitrogens is 2. The van der Waals surface area contributed by atoms with Crippen LogP contribution < -0.4 is 0 Å². The number of imidazole rings is 1. The minimum Gasteiger partial charge on any atom is -0.325 e. The van der Waals surface area contributed by atoms with Crippen molar-refractivity contribution < 1.29 is 0 Å². The van der Waals surface area contributed by atoms with Gasteiger partial charge in [-0.05, 0) is 56.7 Å². The number of hydrogen-bond donors (Lipinski definition) is 0. The molecule has 20 heavy (non-hydrogen) atoms. The van der Waals surface area contributed by atoms with Crippen molar-refractivity contribution in [3.05, 3.63) is 29.6 Å². The van der Waals surface area contributed by atoms with Gasteiger partial charge in [0.1, 0.15) is 5.82 Å². The second-order valence-electron chi connectivity index (χ2n) is 6.53. The van der Waals surface area contributed by atoms with Crippen LogP contribution in [0.15, 0.2) is 18.2 Å². The van der Waals surface area contributed by atoms with Crippen LogP contribution in [-0.4, -0.2) is 9.55 Å². The van der Waals surface area contributed by atoms with Gasteiger partial charge >= 0.3 is 0 Å². The molecule has 2 aliphatic carbocycles. The highest BCUT2D eigenvalue weighted by Crippen LogP contribution is 2.63. The molecule has 0 radical (unpaired) electrons. The molecule has 1 aromatic carbocycles. The standard InChI is InChI=1S/C17H19N3/c1-10(2)20-15-7-6-11(9-18)8-14(15)19-17(20)16-12-4-3-5-13(12)16/h6-8,10,12-13,16H,3-5H2,1-2H3. The molecule has 0 N–H and O–H groups in total. The molecule has 0 spiro atoms. The van der Waals surface area contributed by atoms with Crippen molar-refractivity contribution in [2.24, 2.45) is 11.8 Å². The summed E-state index contributed by atoms with van der Waals surface area (Å²) in [6.07, 6.45) is 4.15. The lowest BCUT2D eigenvalue weighted by Gasteiger charge is -2.14. The summed E-state index contributed by atoms with van der Waals surface area (Å²) in [5.74, 6) is 3.68. The summed E-state index contributed by atoms with van der Waals surface area (Å²) < 4.78 is 2.39. The molecule has 3 heteroatoms. The molecule has 2 aliphatic rings. The Morgan fingerprint density at radius 3 is 2.70 bits per heavy atom. The van der Waals surface area contributed by atoms with Gasteiger partial charge in [-0.15, -0.1) is 0 Å². The van der Waals surface area contributed by atoms with Gasteiger partial charge in [-0.1, -0.05) is 6.42 Å². The molecule has 0 bridgehead atoms. The maximum absolute atomic E-state index is 9.05. The lowest BCUT2D eigenvalue weighted by molar-refractivity contribution is 0.556. The fourth-order valence-corrected chi connectivity index (χ4v) is 4.17. The monoisotopic (exact) mass is 265 g/mol. The second-order valence-corrected chi connectivity index (χ2v) is 6.53. The number of nitrogens with zero attached hydrogens (tertiary/aromatic N) is 3. The first-order valence-corrected chi connectivity index (χ1v) is 7.62. The lowest BCUT2D eigenvalue weighted by Crippen LogP contribution is -2.07. The number of hydrogen-bond acceptors (Lipinski definition) is 2. The maximum Gasteiger partial charge on any atom is 0.113 e. The predicted octanol–water partition coefficient (Wildman–Crippen LogP) is 4.00. The van der Waals surface area contributed by atoms with Crippen LogP contribution in [0.1, 0.15) is 56.5 Å². The van der Waals surface area contributed by atoms with E-state index in [0.29, 0.717) is 17.5 Å². The zero-order chi connectivity index (χ0) is 13.9. The summed E-state index contributed by atoms with van der Waals surface area (Å²) in [4.78, 5) is 4.90. The van der Waals surface area contributed by atoms with Crippen LogP contribution in [0, 0.1) is 23.2 Å². The van der Waals surface area contributed by atoms with Crippen LogP contribution in [0.25, 0.3) is 11.0 Å². The van der Waals surface area contributed by atoms with Crippen molar-refractivity contribution in [2.75, 3.05) is 0 Å². The molecule has 0 amide bonds.